The van der Waals surface area contributed by atoms with E-state index in [1.165, 1.54) is 0 Å². The number of amides is 2. The Balaban J connectivity index is 2.14. The zero-order valence-corrected chi connectivity index (χ0v) is 17.4. The molecule has 0 aliphatic heterocycles. The molecule has 0 heterocycles. The molecular formula is C22H35N3O3. The molecule has 1 saturated carbocycles. The average molecular weight is 390 g/mol. The number of nitrogens with two attached hydrogens (primary N) is 1. The Kier molecular flexibility index (Phi) is 7.61. The van der Waals surface area contributed by atoms with Gasteiger partial charge in [0.1, 0.15) is 5.60 Å². The van der Waals surface area contributed by atoms with Crippen LogP contribution < -0.4 is 16.4 Å². The van der Waals surface area contributed by atoms with Crippen LogP contribution in [0.15, 0.2) is 30.3 Å². The van der Waals surface area contributed by atoms with Gasteiger partial charge in [-0.2, -0.15) is 0 Å². The minimum Gasteiger partial charge on any atom is -0.380 e. The third-order valence-corrected chi connectivity index (χ3v) is 5.84. The van der Waals surface area contributed by atoms with Crippen LogP contribution in [0, 0.1) is 17.8 Å². The summed E-state index contributed by atoms with van der Waals surface area (Å²) in [6.07, 6.45) is 2.33. The zero-order valence-electron chi connectivity index (χ0n) is 17.4. The Bertz CT molecular complexity index is 662. The van der Waals surface area contributed by atoms with Crippen molar-refractivity contribution in [2.45, 2.75) is 64.6 Å². The van der Waals surface area contributed by atoms with E-state index in [4.69, 9.17) is 5.73 Å². The molecule has 1 fully saturated rings. The topological polar surface area (TPSA) is 104 Å². The van der Waals surface area contributed by atoms with Gasteiger partial charge in [-0.25, -0.2) is 0 Å². The second kappa shape index (κ2) is 9.52. The molecule has 6 nitrogen and oxygen atoms in total. The van der Waals surface area contributed by atoms with Crippen molar-refractivity contribution in [3.63, 3.8) is 0 Å². The molecule has 0 bridgehead atoms. The Morgan fingerprint density at radius 3 is 2.43 bits per heavy atom. The number of carbonyl (C=O) groups excluding carboxylic acids is 2. The first-order chi connectivity index (χ1) is 13.1. The molecule has 28 heavy (non-hydrogen) atoms. The lowest BCUT2D eigenvalue weighted by molar-refractivity contribution is -0.156. The van der Waals surface area contributed by atoms with E-state index in [-0.39, 0.29) is 30.2 Å². The van der Waals surface area contributed by atoms with Gasteiger partial charge < -0.3 is 21.5 Å². The van der Waals surface area contributed by atoms with Crippen molar-refractivity contribution < 1.29 is 14.7 Å². The Hall–Kier alpha value is -1.92. The summed E-state index contributed by atoms with van der Waals surface area (Å²) in [5.41, 5.74) is 5.18. The van der Waals surface area contributed by atoms with E-state index in [2.05, 4.69) is 31.4 Å². The molecule has 1 aliphatic rings. The molecule has 5 atom stereocenters. The molecule has 0 spiro atoms. The lowest BCUT2D eigenvalue weighted by Crippen LogP contribution is -2.57. The van der Waals surface area contributed by atoms with Crippen molar-refractivity contribution in [1.29, 1.82) is 0 Å². The van der Waals surface area contributed by atoms with Gasteiger partial charge in [0.2, 0.25) is 5.91 Å². The first-order valence-corrected chi connectivity index (χ1v) is 10.3. The van der Waals surface area contributed by atoms with Crippen LogP contribution in [0.4, 0.5) is 0 Å². The summed E-state index contributed by atoms with van der Waals surface area (Å²) in [7, 11) is 0. The first kappa shape index (κ1) is 22.4. The van der Waals surface area contributed by atoms with Crippen LogP contribution in [0.2, 0.25) is 0 Å². The summed E-state index contributed by atoms with van der Waals surface area (Å²) in [6, 6.07) is 8.40. The number of rotatable bonds is 7. The smallest absolute Gasteiger partial charge is 0.252 e. The minimum atomic E-state index is -1.38. The van der Waals surface area contributed by atoms with E-state index in [0.717, 1.165) is 18.4 Å². The lowest BCUT2D eigenvalue weighted by atomic mass is 9.66. The van der Waals surface area contributed by atoms with E-state index in [0.29, 0.717) is 12.3 Å². The van der Waals surface area contributed by atoms with Crippen LogP contribution in [-0.4, -0.2) is 35.1 Å². The second-order valence-electron chi connectivity index (χ2n) is 8.63. The Morgan fingerprint density at radius 2 is 1.86 bits per heavy atom. The Morgan fingerprint density at radius 1 is 1.21 bits per heavy atom. The van der Waals surface area contributed by atoms with E-state index in [9.17, 15) is 14.7 Å². The molecule has 0 radical (unpaired) electrons. The quantitative estimate of drug-likeness (QED) is 0.573. The molecule has 2 amide bonds. The van der Waals surface area contributed by atoms with Crippen molar-refractivity contribution in [3.05, 3.63) is 35.9 Å². The molecule has 1 aromatic carbocycles. The van der Waals surface area contributed by atoms with E-state index in [1.807, 2.05) is 30.3 Å². The maximum absolute atomic E-state index is 13.0. The van der Waals surface area contributed by atoms with Crippen LogP contribution in [0.25, 0.3) is 0 Å². The predicted molar refractivity (Wildman–Crippen MR) is 110 cm³/mol. The maximum atomic E-state index is 13.0. The molecule has 1 aliphatic carbocycles. The minimum absolute atomic E-state index is 0.0717. The highest BCUT2D eigenvalue weighted by Gasteiger charge is 2.48. The van der Waals surface area contributed by atoms with Gasteiger partial charge in [-0.15, -0.1) is 0 Å². The van der Waals surface area contributed by atoms with Gasteiger partial charge in [-0.05, 0) is 43.1 Å². The van der Waals surface area contributed by atoms with Crippen LogP contribution in [0.5, 0.6) is 0 Å². The largest absolute Gasteiger partial charge is 0.380 e. The third-order valence-electron chi connectivity index (χ3n) is 5.84. The fourth-order valence-corrected chi connectivity index (χ4v) is 4.22. The predicted octanol–water partition coefficient (Wildman–Crippen LogP) is 2.13. The van der Waals surface area contributed by atoms with Gasteiger partial charge >= 0.3 is 0 Å². The number of benzene rings is 1. The Labute approximate surface area is 168 Å². The average Bonchev–Trinajstić information content (AvgIpc) is 2.64. The summed E-state index contributed by atoms with van der Waals surface area (Å²) < 4.78 is 0. The fourth-order valence-electron chi connectivity index (χ4n) is 4.22. The molecule has 6 heteroatoms. The standard InChI is InChI=1S/C22H35N3O3/c1-14(2)18-11-10-15(3)12-22(18,28)21(27)24-13-19(25-20(26)16(4)23)17-8-6-5-7-9-17/h5-9,14-16,18-19,28H,10-13,23H2,1-4H3,(H,24,27)(H,25,26)/t15?,16-,18?,19+,22?/m0/s1. The normalized spacial score (nSPS) is 27.1. The van der Waals surface area contributed by atoms with Crippen molar-refractivity contribution in [1.82, 2.24) is 10.6 Å². The summed E-state index contributed by atoms with van der Waals surface area (Å²) in [6.45, 7) is 7.99. The van der Waals surface area contributed by atoms with Gasteiger partial charge in [0.15, 0.2) is 0 Å². The SMILES string of the molecule is CC1CCC(C(C)C)C(O)(C(=O)NC[C@@H](NC(=O)[C@H](C)N)c2ccccc2)C1. The van der Waals surface area contributed by atoms with Crippen LogP contribution >= 0.6 is 0 Å². The van der Waals surface area contributed by atoms with Crippen molar-refractivity contribution >= 4 is 11.8 Å². The number of hydrogen-bond acceptors (Lipinski definition) is 4. The number of carbonyl (C=O) groups is 2. The molecule has 156 valence electrons. The van der Waals surface area contributed by atoms with Gasteiger partial charge in [-0.1, -0.05) is 57.5 Å². The van der Waals surface area contributed by atoms with Crippen LogP contribution in [0.3, 0.4) is 0 Å². The van der Waals surface area contributed by atoms with Crippen molar-refractivity contribution in [3.8, 4) is 0 Å². The molecular weight excluding hydrogens is 354 g/mol. The molecule has 5 N–H and O–H groups in total. The summed E-state index contributed by atoms with van der Waals surface area (Å²) >= 11 is 0. The van der Waals surface area contributed by atoms with Gasteiger partial charge in [0.25, 0.3) is 5.91 Å². The fraction of sp³-hybridized carbons (Fsp3) is 0.636. The molecule has 1 aromatic rings. The van der Waals surface area contributed by atoms with E-state index >= 15 is 0 Å². The third kappa shape index (κ3) is 5.32. The van der Waals surface area contributed by atoms with Crippen LogP contribution in [0.1, 0.15) is 58.6 Å². The highest BCUT2D eigenvalue weighted by molar-refractivity contribution is 5.86. The molecule has 2 rings (SSSR count). The molecule has 0 aromatic heterocycles. The monoisotopic (exact) mass is 389 g/mol. The lowest BCUT2D eigenvalue weighted by Gasteiger charge is -2.43. The number of nitrogens with one attached hydrogen (secondary N) is 2. The van der Waals surface area contributed by atoms with Crippen LogP contribution in [-0.2, 0) is 9.59 Å². The summed E-state index contributed by atoms with van der Waals surface area (Å²) in [4.78, 5) is 25.2. The maximum Gasteiger partial charge on any atom is 0.252 e. The number of aliphatic hydroxyl groups is 1. The molecule has 0 saturated heterocycles. The van der Waals surface area contributed by atoms with E-state index in [1.54, 1.807) is 6.92 Å². The first-order valence-electron chi connectivity index (χ1n) is 10.3. The highest BCUT2D eigenvalue weighted by Crippen LogP contribution is 2.41. The zero-order chi connectivity index (χ0) is 20.9. The van der Waals surface area contributed by atoms with Gasteiger partial charge in [-0.3, -0.25) is 9.59 Å². The van der Waals surface area contributed by atoms with E-state index < -0.39 is 17.7 Å². The van der Waals surface area contributed by atoms with Crippen molar-refractivity contribution in [2.75, 3.05) is 6.54 Å². The summed E-state index contributed by atoms with van der Waals surface area (Å²) in [5, 5.41) is 17.1. The van der Waals surface area contributed by atoms with Gasteiger partial charge in [0.05, 0.1) is 12.1 Å². The highest BCUT2D eigenvalue weighted by atomic mass is 16.3. The van der Waals surface area contributed by atoms with Crippen molar-refractivity contribution in [2.24, 2.45) is 23.5 Å². The molecule has 3 unspecified atom stereocenters. The van der Waals surface area contributed by atoms with Gasteiger partial charge in [0, 0.05) is 6.54 Å². The number of hydrogen-bond donors (Lipinski definition) is 4. The summed E-state index contributed by atoms with van der Waals surface area (Å²) in [5.74, 6) is -0.196. The second-order valence-corrected chi connectivity index (χ2v) is 8.63.